The lowest BCUT2D eigenvalue weighted by Crippen LogP contribution is -2.48. The Hall–Kier alpha value is -2.90. The van der Waals surface area contributed by atoms with Gasteiger partial charge in [-0.1, -0.05) is 30.3 Å². The van der Waals surface area contributed by atoms with Crippen molar-refractivity contribution in [1.29, 1.82) is 0 Å². The minimum atomic E-state index is -1.29. The molecule has 0 aromatic heterocycles. The Kier molecular flexibility index (Phi) is 7.00. The summed E-state index contributed by atoms with van der Waals surface area (Å²) in [4.78, 5) is 49.5. The maximum absolute atomic E-state index is 12.7. The molecule has 4 bridgehead atoms. The van der Waals surface area contributed by atoms with E-state index < -0.39 is 24.0 Å². The highest BCUT2D eigenvalue weighted by Crippen LogP contribution is 2.61. The number of benzene rings is 1. The van der Waals surface area contributed by atoms with Crippen LogP contribution in [0.1, 0.15) is 63.5 Å². The molecule has 4 aliphatic carbocycles. The molecule has 0 aliphatic heterocycles. The van der Waals surface area contributed by atoms with Crippen LogP contribution < -0.4 is 16.0 Å². The van der Waals surface area contributed by atoms with E-state index in [0.29, 0.717) is 18.5 Å². The van der Waals surface area contributed by atoms with E-state index in [1.54, 1.807) is 37.3 Å². The summed E-state index contributed by atoms with van der Waals surface area (Å²) in [7, 11) is 0. The van der Waals surface area contributed by atoms with Gasteiger partial charge in [0.2, 0.25) is 12.0 Å². The number of carbonyl (C=O) groups excluding carboxylic acids is 4. The van der Waals surface area contributed by atoms with Crippen LogP contribution in [0.3, 0.4) is 0 Å². The first-order valence-electron chi connectivity index (χ1n) is 12.0. The van der Waals surface area contributed by atoms with E-state index in [9.17, 15) is 19.2 Å². The summed E-state index contributed by atoms with van der Waals surface area (Å²) in [5.74, 6) is 0.642. The van der Waals surface area contributed by atoms with Crippen LogP contribution in [0, 0.1) is 23.2 Å². The smallest absolute Gasteiger partial charge is 0.326 e. The van der Waals surface area contributed by atoms with Crippen molar-refractivity contribution in [2.45, 2.75) is 58.0 Å². The van der Waals surface area contributed by atoms with E-state index in [0.717, 1.165) is 37.0 Å². The van der Waals surface area contributed by atoms with Crippen LogP contribution in [0.4, 0.5) is 4.79 Å². The van der Waals surface area contributed by atoms with Gasteiger partial charge in [0.25, 0.3) is 5.91 Å². The zero-order chi connectivity index (χ0) is 23.4. The zero-order valence-electron chi connectivity index (χ0n) is 19.1. The Morgan fingerprint density at radius 2 is 1.58 bits per heavy atom. The van der Waals surface area contributed by atoms with Gasteiger partial charge in [-0.15, -0.1) is 0 Å². The van der Waals surface area contributed by atoms with Crippen molar-refractivity contribution < 1.29 is 23.9 Å². The average Bonchev–Trinajstić information content (AvgIpc) is 2.75. The lowest BCUT2D eigenvalue weighted by Gasteiger charge is -2.56. The van der Waals surface area contributed by atoms with Crippen molar-refractivity contribution in [2.75, 3.05) is 13.1 Å². The zero-order valence-corrected chi connectivity index (χ0v) is 19.1. The lowest BCUT2D eigenvalue weighted by molar-refractivity contribution is -0.156. The summed E-state index contributed by atoms with van der Waals surface area (Å²) in [6.45, 7) is 1.76. The number of esters is 1. The van der Waals surface area contributed by atoms with Gasteiger partial charge >= 0.3 is 12.0 Å². The molecule has 0 spiro atoms. The van der Waals surface area contributed by atoms with Crippen LogP contribution in [-0.4, -0.2) is 36.9 Å². The summed E-state index contributed by atoms with van der Waals surface area (Å²) < 4.78 is 5.38. The van der Waals surface area contributed by atoms with Gasteiger partial charge in [0.1, 0.15) is 6.54 Å². The maximum atomic E-state index is 12.7. The third kappa shape index (κ3) is 5.72. The van der Waals surface area contributed by atoms with Crippen LogP contribution in [0.15, 0.2) is 30.3 Å². The molecule has 0 heterocycles. The Morgan fingerprint density at radius 3 is 2.15 bits per heavy atom. The highest BCUT2D eigenvalue weighted by Gasteiger charge is 2.51. The van der Waals surface area contributed by atoms with Gasteiger partial charge in [0.15, 0.2) is 0 Å². The molecule has 4 aliphatic rings. The van der Waals surface area contributed by atoms with Crippen molar-refractivity contribution in [3.8, 4) is 0 Å². The molecule has 5 rings (SSSR count). The fourth-order valence-corrected chi connectivity index (χ4v) is 6.54. The van der Waals surface area contributed by atoms with Crippen LogP contribution in [0.25, 0.3) is 0 Å². The second-order valence-electron chi connectivity index (χ2n) is 10.0. The summed E-state index contributed by atoms with van der Waals surface area (Å²) in [5, 5.41) is 7.34. The molecule has 4 amide bonds. The van der Waals surface area contributed by atoms with Gasteiger partial charge < -0.3 is 15.4 Å². The summed E-state index contributed by atoms with van der Waals surface area (Å²) in [6.07, 6.45) is 6.45. The van der Waals surface area contributed by atoms with E-state index in [4.69, 9.17) is 4.74 Å². The number of carbonyl (C=O) groups is 4. The van der Waals surface area contributed by atoms with Gasteiger partial charge in [-0.25, -0.2) is 4.79 Å². The van der Waals surface area contributed by atoms with E-state index in [1.165, 1.54) is 19.3 Å². The largest absolute Gasteiger partial charge is 0.446 e. The molecule has 4 saturated carbocycles. The van der Waals surface area contributed by atoms with E-state index in [-0.39, 0.29) is 17.9 Å². The minimum Gasteiger partial charge on any atom is -0.446 e. The van der Waals surface area contributed by atoms with Gasteiger partial charge in [-0.3, -0.25) is 19.7 Å². The normalized spacial score (nSPS) is 28.0. The van der Waals surface area contributed by atoms with E-state index >= 15 is 0 Å². The van der Waals surface area contributed by atoms with Crippen molar-refractivity contribution in [2.24, 2.45) is 23.2 Å². The number of hydrogen-bond donors (Lipinski definition) is 3. The Labute approximate surface area is 194 Å². The molecule has 1 aromatic rings. The van der Waals surface area contributed by atoms with Crippen LogP contribution >= 0.6 is 0 Å². The SMILES string of the molecule is CCNC(=O)NC(=O)C(OC(=O)CNC(=O)CC12CC3CC(CC(C3)C1)C2)c1ccccc1. The molecule has 0 saturated heterocycles. The second-order valence-corrected chi connectivity index (χ2v) is 10.0. The van der Waals surface area contributed by atoms with Gasteiger partial charge in [-0.2, -0.15) is 0 Å². The summed E-state index contributed by atoms with van der Waals surface area (Å²) >= 11 is 0. The Morgan fingerprint density at radius 1 is 0.970 bits per heavy atom. The number of rotatable bonds is 8. The summed E-state index contributed by atoms with van der Waals surface area (Å²) in [6, 6.07) is 7.81. The standard InChI is InChI=1S/C25H33N3O5/c1-2-26-24(32)28-23(31)22(19-6-4-3-5-7-19)33-21(30)15-27-20(29)14-25-11-16-8-17(12-25)10-18(9-16)13-25/h3-7,16-18,22H,2,8-15H2,1H3,(H,27,29)(H2,26,28,31,32). The predicted octanol–water partition coefficient (Wildman–Crippen LogP) is 2.84. The van der Waals surface area contributed by atoms with Crippen LogP contribution in [0.5, 0.6) is 0 Å². The number of imide groups is 1. The Balaban J connectivity index is 1.31. The van der Waals surface area contributed by atoms with Gasteiger partial charge in [0, 0.05) is 18.5 Å². The van der Waals surface area contributed by atoms with Crippen LogP contribution in [-0.2, 0) is 19.1 Å². The first kappa shape index (κ1) is 23.3. The minimum absolute atomic E-state index is 0.0852. The number of urea groups is 1. The molecule has 1 unspecified atom stereocenters. The average molecular weight is 456 g/mol. The predicted molar refractivity (Wildman–Crippen MR) is 121 cm³/mol. The molecule has 4 fully saturated rings. The number of nitrogens with one attached hydrogen (secondary N) is 3. The number of hydrogen-bond acceptors (Lipinski definition) is 5. The fraction of sp³-hybridized carbons (Fsp3) is 0.600. The van der Waals surface area contributed by atoms with E-state index in [2.05, 4.69) is 16.0 Å². The monoisotopic (exact) mass is 455 g/mol. The number of ether oxygens (including phenoxy) is 1. The van der Waals surface area contributed by atoms with Gasteiger partial charge in [-0.05, 0) is 68.6 Å². The molecular weight excluding hydrogens is 422 g/mol. The van der Waals surface area contributed by atoms with E-state index in [1.807, 2.05) is 0 Å². The number of amides is 4. The fourth-order valence-electron chi connectivity index (χ4n) is 6.54. The molecule has 178 valence electrons. The first-order chi connectivity index (χ1) is 15.9. The molecular formula is C25H33N3O5. The second kappa shape index (κ2) is 9.93. The third-order valence-electron chi connectivity index (χ3n) is 7.29. The lowest BCUT2D eigenvalue weighted by atomic mass is 9.49. The molecule has 33 heavy (non-hydrogen) atoms. The molecule has 8 heteroatoms. The molecule has 0 radical (unpaired) electrons. The third-order valence-corrected chi connectivity index (χ3v) is 7.29. The highest BCUT2D eigenvalue weighted by molar-refractivity contribution is 5.98. The maximum Gasteiger partial charge on any atom is 0.326 e. The molecule has 1 aromatic carbocycles. The highest BCUT2D eigenvalue weighted by atomic mass is 16.5. The quantitative estimate of drug-likeness (QED) is 0.522. The van der Waals surface area contributed by atoms with Gasteiger partial charge in [0.05, 0.1) is 0 Å². The van der Waals surface area contributed by atoms with Crippen LogP contribution in [0.2, 0.25) is 0 Å². The molecule has 8 nitrogen and oxygen atoms in total. The Bertz CT molecular complexity index is 865. The van der Waals surface area contributed by atoms with Crippen molar-refractivity contribution in [3.05, 3.63) is 35.9 Å². The molecule has 1 atom stereocenters. The van der Waals surface area contributed by atoms with Crippen molar-refractivity contribution >= 4 is 23.8 Å². The van der Waals surface area contributed by atoms with Crippen molar-refractivity contribution in [1.82, 2.24) is 16.0 Å². The van der Waals surface area contributed by atoms with Crippen molar-refractivity contribution in [3.63, 3.8) is 0 Å². The first-order valence-corrected chi connectivity index (χ1v) is 12.0. The molecule has 3 N–H and O–H groups in total. The topological polar surface area (TPSA) is 114 Å². The summed E-state index contributed by atoms with van der Waals surface area (Å²) in [5.41, 5.74) is 0.523.